The molecule has 0 bridgehead atoms. The number of carbonyl (C=O) groups is 1. The average Bonchev–Trinajstić information content (AvgIpc) is 2.61. The van der Waals surface area contributed by atoms with E-state index < -0.39 is 0 Å². The van der Waals surface area contributed by atoms with Gasteiger partial charge in [-0.2, -0.15) is 0 Å². The zero-order valence-electron chi connectivity index (χ0n) is 13.4. The summed E-state index contributed by atoms with van der Waals surface area (Å²) in [6.07, 6.45) is 0. The van der Waals surface area contributed by atoms with Gasteiger partial charge in [0.1, 0.15) is 11.6 Å². The zero-order chi connectivity index (χ0) is 16.9. The van der Waals surface area contributed by atoms with Crippen LogP contribution in [0.4, 0.5) is 4.39 Å². The third-order valence-corrected chi connectivity index (χ3v) is 3.87. The first-order chi connectivity index (χ1) is 11.6. The van der Waals surface area contributed by atoms with Crippen LogP contribution in [0.5, 0.6) is 5.75 Å². The van der Waals surface area contributed by atoms with Crippen LogP contribution in [0.15, 0.2) is 66.7 Å². The molecule has 0 aromatic heterocycles. The first-order valence-corrected chi connectivity index (χ1v) is 7.72. The molecule has 0 saturated heterocycles. The van der Waals surface area contributed by atoms with E-state index in [1.807, 2.05) is 42.5 Å². The van der Waals surface area contributed by atoms with E-state index in [1.165, 1.54) is 11.0 Å². The molecule has 0 saturated carbocycles. The zero-order valence-corrected chi connectivity index (χ0v) is 13.4. The standard InChI is InChI=1S/C20H18FNO2/c1-22(13-17-8-4-5-9-19(17)21)20(23)14-24-18-11-10-15-6-2-3-7-16(15)12-18/h2-12H,13-14H2,1H3. The first kappa shape index (κ1) is 16.0. The SMILES string of the molecule is CN(Cc1ccccc1F)C(=O)COc1ccc2ccccc2c1. The highest BCUT2D eigenvalue weighted by atomic mass is 19.1. The second-order valence-corrected chi connectivity index (χ2v) is 5.64. The monoisotopic (exact) mass is 323 g/mol. The molecule has 3 aromatic rings. The molecule has 1 amide bonds. The maximum atomic E-state index is 13.6. The highest BCUT2D eigenvalue weighted by Crippen LogP contribution is 2.20. The van der Waals surface area contributed by atoms with Gasteiger partial charge in [-0.1, -0.05) is 48.5 Å². The van der Waals surface area contributed by atoms with Crippen LogP contribution in [0.2, 0.25) is 0 Å². The lowest BCUT2D eigenvalue weighted by Crippen LogP contribution is -2.31. The summed E-state index contributed by atoms with van der Waals surface area (Å²) in [5.74, 6) is 0.125. The summed E-state index contributed by atoms with van der Waals surface area (Å²) in [6.45, 7) is 0.135. The molecule has 0 aliphatic carbocycles. The first-order valence-electron chi connectivity index (χ1n) is 7.72. The van der Waals surface area contributed by atoms with Crippen LogP contribution in [-0.2, 0) is 11.3 Å². The lowest BCUT2D eigenvalue weighted by Gasteiger charge is -2.18. The number of benzene rings is 3. The van der Waals surface area contributed by atoms with Gasteiger partial charge < -0.3 is 9.64 Å². The van der Waals surface area contributed by atoms with Crippen molar-refractivity contribution in [2.75, 3.05) is 13.7 Å². The van der Waals surface area contributed by atoms with Crippen molar-refractivity contribution in [1.29, 1.82) is 0 Å². The summed E-state index contributed by atoms with van der Waals surface area (Å²) in [4.78, 5) is 13.6. The molecule has 3 aromatic carbocycles. The van der Waals surface area contributed by atoms with E-state index >= 15 is 0 Å². The van der Waals surface area contributed by atoms with Gasteiger partial charge in [-0.05, 0) is 29.0 Å². The number of rotatable bonds is 5. The van der Waals surface area contributed by atoms with E-state index in [-0.39, 0.29) is 24.9 Å². The number of halogens is 1. The van der Waals surface area contributed by atoms with E-state index in [0.717, 1.165) is 10.8 Å². The Hall–Kier alpha value is -2.88. The minimum Gasteiger partial charge on any atom is -0.484 e. The molecule has 3 nitrogen and oxygen atoms in total. The number of hydrogen-bond donors (Lipinski definition) is 0. The molecule has 0 spiro atoms. The smallest absolute Gasteiger partial charge is 0.260 e. The molecule has 122 valence electrons. The Morgan fingerprint density at radius 3 is 2.50 bits per heavy atom. The Morgan fingerprint density at radius 2 is 1.71 bits per heavy atom. The van der Waals surface area contributed by atoms with Crippen LogP contribution in [0.3, 0.4) is 0 Å². The third-order valence-electron chi connectivity index (χ3n) is 3.87. The van der Waals surface area contributed by atoms with Crippen molar-refractivity contribution < 1.29 is 13.9 Å². The van der Waals surface area contributed by atoms with Gasteiger partial charge in [-0.15, -0.1) is 0 Å². The highest BCUT2D eigenvalue weighted by Gasteiger charge is 2.12. The van der Waals surface area contributed by atoms with Gasteiger partial charge in [-0.3, -0.25) is 4.79 Å². The normalized spacial score (nSPS) is 10.6. The molecular weight excluding hydrogens is 305 g/mol. The van der Waals surface area contributed by atoms with Crippen molar-refractivity contribution in [3.05, 3.63) is 78.1 Å². The summed E-state index contributed by atoms with van der Waals surface area (Å²) in [7, 11) is 1.64. The molecule has 0 fully saturated rings. The van der Waals surface area contributed by atoms with Crippen molar-refractivity contribution >= 4 is 16.7 Å². The van der Waals surface area contributed by atoms with Crippen LogP contribution in [-0.4, -0.2) is 24.5 Å². The van der Waals surface area contributed by atoms with Crippen molar-refractivity contribution in [3.63, 3.8) is 0 Å². The Morgan fingerprint density at radius 1 is 1.00 bits per heavy atom. The maximum Gasteiger partial charge on any atom is 0.260 e. The van der Waals surface area contributed by atoms with Gasteiger partial charge in [0.25, 0.3) is 5.91 Å². The van der Waals surface area contributed by atoms with Gasteiger partial charge >= 0.3 is 0 Å². The lowest BCUT2D eigenvalue weighted by molar-refractivity contribution is -0.132. The molecular formula is C20H18FNO2. The number of fused-ring (bicyclic) bond motifs is 1. The minimum absolute atomic E-state index is 0.0801. The fraction of sp³-hybridized carbons (Fsp3) is 0.150. The number of ether oxygens (including phenoxy) is 1. The van der Waals surface area contributed by atoms with Crippen LogP contribution in [0.1, 0.15) is 5.56 Å². The van der Waals surface area contributed by atoms with E-state index in [0.29, 0.717) is 11.3 Å². The molecule has 3 rings (SSSR count). The molecule has 24 heavy (non-hydrogen) atoms. The third kappa shape index (κ3) is 3.71. The Kier molecular flexibility index (Phi) is 4.75. The Balaban J connectivity index is 1.60. The molecule has 0 aliphatic rings. The Labute approximate surface area is 140 Å². The minimum atomic E-state index is -0.312. The summed E-state index contributed by atoms with van der Waals surface area (Å²) in [6, 6.07) is 20.1. The molecule has 0 heterocycles. The second kappa shape index (κ2) is 7.13. The van der Waals surface area contributed by atoms with Crippen LogP contribution in [0, 0.1) is 5.82 Å². The molecule has 0 unspecified atom stereocenters. The number of carbonyl (C=O) groups excluding carboxylic acids is 1. The molecule has 0 radical (unpaired) electrons. The van der Waals surface area contributed by atoms with Gasteiger partial charge in [0.05, 0.1) is 0 Å². The molecule has 0 aliphatic heterocycles. The van der Waals surface area contributed by atoms with Crippen LogP contribution in [0.25, 0.3) is 10.8 Å². The van der Waals surface area contributed by atoms with Gasteiger partial charge in [0.2, 0.25) is 0 Å². The summed E-state index contributed by atoms with van der Waals surface area (Å²) in [5, 5.41) is 2.18. The summed E-state index contributed by atoms with van der Waals surface area (Å²) in [5.41, 5.74) is 0.485. The van der Waals surface area contributed by atoms with Crippen molar-refractivity contribution in [3.8, 4) is 5.75 Å². The summed E-state index contributed by atoms with van der Waals surface area (Å²) >= 11 is 0. The van der Waals surface area contributed by atoms with Gasteiger partial charge in [0.15, 0.2) is 6.61 Å². The highest BCUT2D eigenvalue weighted by molar-refractivity contribution is 5.84. The number of nitrogens with zero attached hydrogens (tertiary/aromatic N) is 1. The average molecular weight is 323 g/mol. The molecule has 0 N–H and O–H groups in total. The van der Waals surface area contributed by atoms with E-state index in [1.54, 1.807) is 25.2 Å². The van der Waals surface area contributed by atoms with Gasteiger partial charge in [0, 0.05) is 19.2 Å². The predicted molar refractivity (Wildman–Crippen MR) is 92.3 cm³/mol. The van der Waals surface area contributed by atoms with Crippen molar-refractivity contribution in [2.45, 2.75) is 6.54 Å². The van der Waals surface area contributed by atoms with Crippen molar-refractivity contribution in [1.82, 2.24) is 4.90 Å². The molecule has 4 heteroatoms. The number of hydrogen-bond acceptors (Lipinski definition) is 2. The van der Waals surface area contributed by atoms with Crippen molar-refractivity contribution in [2.24, 2.45) is 0 Å². The van der Waals surface area contributed by atoms with E-state index in [2.05, 4.69) is 0 Å². The lowest BCUT2D eigenvalue weighted by atomic mass is 10.1. The second-order valence-electron chi connectivity index (χ2n) is 5.64. The molecule has 0 atom stereocenters. The van der Waals surface area contributed by atoms with Crippen LogP contribution < -0.4 is 4.74 Å². The predicted octanol–water partition coefficient (Wildman–Crippen LogP) is 4.02. The fourth-order valence-electron chi connectivity index (χ4n) is 2.48. The quantitative estimate of drug-likeness (QED) is 0.710. The summed E-state index contributed by atoms with van der Waals surface area (Å²) < 4.78 is 19.2. The maximum absolute atomic E-state index is 13.6. The van der Waals surface area contributed by atoms with Crippen LogP contribution >= 0.6 is 0 Å². The Bertz CT molecular complexity index is 863. The van der Waals surface area contributed by atoms with E-state index in [9.17, 15) is 9.18 Å². The van der Waals surface area contributed by atoms with E-state index in [4.69, 9.17) is 4.74 Å². The largest absolute Gasteiger partial charge is 0.484 e. The topological polar surface area (TPSA) is 29.5 Å². The fourth-order valence-corrected chi connectivity index (χ4v) is 2.48. The van der Waals surface area contributed by atoms with Gasteiger partial charge in [-0.25, -0.2) is 4.39 Å². The number of likely N-dealkylation sites (N-methyl/N-ethyl adjacent to an activating group) is 1. The number of amides is 1.